The van der Waals surface area contributed by atoms with Crippen molar-refractivity contribution in [1.82, 2.24) is 0 Å². The Labute approximate surface area is 198 Å². The summed E-state index contributed by atoms with van der Waals surface area (Å²) in [6.07, 6.45) is 6.94. The van der Waals surface area contributed by atoms with E-state index in [9.17, 15) is 0 Å². The predicted octanol–water partition coefficient (Wildman–Crippen LogP) is 8.92. The van der Waals surface area contributed by atoms with E-state index in [0.717, 1.165) is 24.2 Å². The van der Waals surface area contributed by atoms with Crippen LogP contribution in [0.25, 0.3) is 11.6 Å². The Morgan fingerprint density at radius 2 is 1.21 bits per heavy atom. The first-order chi connectivity index (χ1) is 16.3. The lowest BCUT2D eigenvalue weighted by Crippen LogP contribution is -1.97. The van der Waals surface area contributed by atoms with Crippen LogP contribution in [0.15, 0.2) is 103 Å². The van der Waals surface area contributed by atoms with E-state index in [-0.39, 0.29) is 0 Å². The maximum absolute atomic E-state index is 3.47. The Morgan fingerprint density at radius 3 is 1.88 bits per heavy atom. The van der Waals surface area contributed by atoms with Gasteiger partial charge in [-0.2, -0.15) is 0 Å². The number of para-hydroxylation sites is 1. The molecule has 0 amide bonds. The number of aryl methyl sites for hydroxylation is 2. The summed E-state index contributed by atoms with van der Waals surface area (Å²) in [4.78, 5) is 0. The fourth-order valence-corrected chi connectivity index (χ4v) is 4.28. The molecule has 0 fully saturated rings. The van der Waals surface area contributed by atoms with Gasteiger partial charge in [0.1, 0.15) is 0 Å². The maximum Gasteiger partial charge on any atom is 0.0384 e. The molecule has 4 aromatic rings. The average molecular weight is 432 g/mol. The highest BCUT2D eigenvalue weighted by Crippen LogP contribution is 2.29. The van der Waals surface area contributed by atoms with Crippen LogP contribution < -0.4 is 5.32 Å². The molecule has 0 aliphatic carbocycles. The van der Waals surface area contributed by atoms with Crippen molar-refractivity contribution in [2.75, 3.05) is 5.32 Å². The minimum atomic E-state index is 1.09. The van der Waals surface area contributed by atoms with Gasteiger partial charge in [-0.1, -0.05) is 106 Å². The van der Waals surface area contributed by atoms with Crippen LogP contribution in [0.3, 0.4) is 0 Å². The summed E-state index contributed by atoms with van der Waals surface area (Å²) in [6.45, 7) is 4.52. The van der Waals surface area contributed by atoms with Crippen molar-refractivity contribution >= 4 is 23.0 Å². The number of hydrogen-bond acceptors (Lipinski definition) is 1. The molecule has 0 saturated carbocycles. The maximum atomic E-state index is 3.47. The van der Waals surface area contributed by atoms with Gasteiger partial charge in [0.05, 0.1) is 0 Å². The Balaban J connectivity index is 1.69. The molecule has 166 valence electrons. The standard InChI is InChI=1S/C32H33N/c1-3-11-26-19-20-29(24-28(26)12-4-2)32(27-13-7-5-8-14-27)23-25-17-21-31(22-18-25)33-30-15-9-6-10-16-30/h5-10,13-24,33H,3-4,11-12H2,1-2H3. The first kappa shape index (κ1) is 22.6. The summed E-state index contributed by atoms with van der Waals surface area (Å²) in [6, 6.07) is 36.7. The first-order valence-electron chi connectivity index (χ1n) is 12.1. The molecule has 0 aliphatic rings. The quantitative estimate of drug-likeness (QED) is 0.261. The van der Waals surface area contributed by atoms with E-state index in [1.165, 1.54) is 46.2 Å². The molecule has 0 bridgehead atoms. The Morgan fingerprint density at radius 1 is 0.606 bits per heavy atom. The lowest BCUT2D eigenvalue weighted by molar-refractivity contribution is 0.860. The third kappa shape index (κ3) is 6.02. The van der Waals surface area contributed by atoms with Gasteiger partial charge in [-0.15, -0.1) is 0 Å². The van der Waals surface area contributed by atoms with Crippen LogP contribution in [0.1, 0.15) is 54.5 Å². The summed E-state index contributed by atoms with van der Waals surface area (Å²) in [5.41, 5.74) is 10.2. The molecular weight excluding hydrogens is 398 g/mol. The van der Waals surface area contributed by atoms with Gasteiger partial charge in [0, 0.05) is 11.4 Å². The van der Waals surface area contributed by atoms with Crippen molar-refractivity contribution in [2.24, 2.45) is 0 Å². The molecule has 33 heavy (non-hydrogen) atoms. The van der Waals surface area contributed by atoms with Crippen LogP contribution in [0.5, 0.6) is 0 Å². The Hall–Kier alpha value is -3.58. The van der Waals surface area contributed by atoms with Gasteiger partial charge < -0.3 is 5.32 Å². The molecular formula is C32H33N. The van der Waals surface area contributed by atoms with Crippen LogP contribution in [0, 0.1) is 0 Å². The molecule has 0 unspecified atom stereocenters. The number of benzene rings is 4. The smallest absolute Gasteiger partial charge is 0.0384 e. The van der Waals surface area contributed by atoms with Crippen molar-refractivity contribution in [1.29, 1.82) is 0 Å². The summed E-state index contributed by atoms with van der Waals surface area (Å²) >= 11 is 0. The molecule has 1 heteroatoms. The number of nitrogens with one attached hydrogen (secondary N) is 1. The number of rotatable bonds is 9. The number of anilines is 2. The third-order valence-corrected chi connectivity index (χ3v) is 5.92. The normalized spacial score (nSPS) is 11.4. The number of hydrogen-bond donors (Lipinski definition) is 1. The highest BCUT2D eigenvalue weighted by molar-refractivity contribution is 5.91. The zero-order chi connectivity index (χ0) is 22.9. The monoisotopic (exact) mass is 431 g/mol. The summed E-state index contributed by atoms with van der Waals surface area (Å²) < 4.78 is 0. The predicted molar refractivity (Wildman–Crippen MR) is 144 cm³/mol. The minimum Gasteiger partial charge on any atom is -0.356 e. The van der Waals surface area contributed by atoms with Crippen molar-refractivity contribution in [3.63, 3.8) is 0 Å². The third-order valence-electron chi connectivity index (χ3n) is 5.92. The summed E-state index contributed by atoms with van der Waals surface area (Å²) in [5, 5.41) is 3.47. The molecule has 0 heterocycles. The van der Waals surface area contributed by atoms with E-state index < -0.39 is 0 Å². The van der Waals surface area contributed by atoms with Crippen molar-refractivity contribution < 1.29 is 0 Å². The van der Waals surface area contributed by atoms with E-state index in [4.69, 9.17) is 0 Å². The lowest BCUT2D eigenvalue weighted by Gasteiger charge is -2.14. The minimum absolute atomic E-state index is 1.09. The van der Waals surface area contributed by atoms with E-state index in [1.54, 1.807) is 0 Å². The molecule has 0 aromatic heterocycles. The summed E-state index contributed by atoms with van der Waals surface area (Å²) in [7, 11) is 0. The second-order valence-electron chi connectivity index (χ2n) is 8.52. The second kappa shape index (κ2) is 11.3. The van der Waals surface area contributed by atoms with Crippen LogP contribution >= 0.6 is 0 Å². The molecule has 1 N–H and O–H groups in total. The fraction of sp³-hybridized carbons (Fsp3) is 0.188. The lowest BCUT2D eigenvalue weighted by atomic mass is 9.90. The van der Waals surface area contributed by atoms with Crippen LogP contribution in [-0.2, 0) is 12.8 Å². The molecule has 0 spiro atoms. The highest BCUT2D eigenvalue weighted by Gasteiger charge is 2.09. The van der Waals surface area contributed by atoms with E-state index in [2.05, 4.69) is 110 Å². The summed E-state index contributed by atoms with van der Waals surface area (Å²) in [5.74, 6) is 0. The van der Waals surface area contributed by atoms with E-state index >= 15 is 0 Å². The molecule has 4 rings (SSSR count). The zero-order valence-corrected chi connectivity index (χ0v) is 19.7. The van der Waals surface area contributed by atoms with Gasteiger partial charge in [0.25, 0.3) is 0 Å². The van der Waals surface area contributed by atoms with Crippen LogP contribution in [0.4, 0.5) is 11.4 Å². The highest BCUT2D eigenvalue weighted by atomic mass is 14.9. The van der Waals surface area contributed by atoms with Crippen molar-refractivity contribution in [3.8, 4) is 0 Å². The van der Waals surface area contributed by atoms with Crippen molar-refractivity contribution in [2.45, 2.75) is 39.5 Å². The van der Waals surface area contributed by atoms with Gasteiger partial charge >= 0.3 is 0 Å². The largest absolute Gasteiger partial charge is 0.356 e. The Kier molecular flexibility index (Phi) is 7.76. The van der Waals surface area contributed by atoms with Crippen LogP contribution in [-0.4, -0.2) is 0 Å². The molecule has 1 nitrogen and oxygen atoms in total. The molecule has 0 atom stereocenters. The van der Waals surface area contributed by atoms with Crippen LogP contribution in [0.2, 0.25) is 0 Å². The topological polar surface area (TPSA) is 12.0 Å². The van der Waals surface area contributed by atoms with Gasteiger partial charge in [-0.05, 0) is 76.6 Å². The molecule has 0 aliphatic heterocycles. The molecule has 4 aromatic carbocycles. The molecule has 0 saturated heterocycles. The average Bonchev–Trinajstić information content (AvgIpc) is 2.86. The zero-order valence-electron chi connectivity index (χ0n) is 19.7. The Bertz CT molecular complexity index is 1170. The van der Waals surface area contributed by atoms with Gasteiger partial charge in [-0.3, -0.25) is 0 Å². The SMILES string of the molecule is CCCc1ccc(C(=Cc2ccc(Nc3ccccc3)cc2)c2ccccc2)cc1CCC. The molecule has 0 radical (unpaired) electrons. The first-order valence-corrected chi connectivity index (χ1v) is 12.1. The van der Waals surface area contributed by atoms with Gasteiger partial charge in [0.2, 0.25) is 0 Å². The second-order valence-corrected chi connectivity index (χ2v) is 8.52. The van der Waals surface area contributed by atoms with E-state index in [0.29, 0.717) is 0 Å². The van der Waals surface area contributed by atoms with E-state index in [1.807, 2.05) is 18.2 Å². The van der Waals surface area contributed by atoms with Gasteiger partial charge in [-0.25, -0.2) is 0 Å². The van der Waals surface area contributed by atoms with Gasteiger partial charge in [0.15, 0.2) is 0 Å². The fourth-order valence-electron chi connectivity index (χ4n) is 4.28. The van der Waals surface area contributed by atoms with Crippen molar-refractivity contribution in [3.05, 3.63) is 131 Å².